The van der Waals surface area contributed by atoms with E-state index in [1.807, 2.05) is 12.1 Å². The van der Waals surface area contributed by atoms with Gasteiger partial charge >= 0.3 is 0 Å². The van der Waals surface area contributed by atoms with E-state index in [0.29, 0.717) is 19.3 Å². The summed E-state index contributed by atoms with van der Waals surface area (Å²) in [7, 11) is 0. The third-order valence-electron chi connectivity index (χ3n) is 3.65. The minimum absolute atomic E-state index is 0.363. The lowest BCUT2D eigenvalue weighted by Crippen LogP contribution is -2.12. The Hall–Kier alpha value is -1.26. The van der Waals surface area contributed by atoms with Crippen molar-refractivity contribution in [2.75, 3.05) is 26.4 Å². The van der Waals surface area contributed by atoms with E-state index in [4.69, 9.17) is 19.9 Å². The molecule has 4 nitrogen and oxygen atoms in total. The highest BCUT2D eigenvalue weighted by atomic mass is 16.5. The van der Waals surface area contributed by atoms with Gasteiger partial charge in [0, 0.05) is 19.1 Å². The highest BCUT2D eigenvalue weighted by molar-refractivity contribution is 5.41. The molecule has 1 aromatic carbocycles. The Morgan fingerprint density at radius 2 is 2.19 bits per heavy atom. The van der Waals surface area contributed by atoms with E-state index in [1.165, 1.54) is 6.42 Å². The maximum absolute atomic E-state index is 5.96. The second kappa shape index (κ2) is 8.90. The molecule has 1 heterocycles. The van der Waals surface area contributed by atoms with Crippen molar-refractivity contribution in [2.24, 2.45) is 5.73 Å². The van der Waals surface area contributed by atoms with Gasteiger partial charge in [-0.25, -0.2) is 0 Å². The molecule has 0 aromatic heterocycles. The number of nitrogens with two attached hydrogens (primary N) is 1. The Balaban J connectivity index is 1.92. The summed E-state index contributed by atoms with van der Waals surface area (Å²) in [5, 5.41) is 0. The molecule has 0 amide bonds. The van der Waals surface area contributed by atoms with Crippen molar-refractivity contribution in [3.8, 4) is 11.5 Å². The van der Waals surface area contributed by atoms with Crippen LogP contribution in [0.3, 0.4) is 0 Å². The molecule has 118 valence electrons. The molecular formula is C17H27NO3. The first-order valence-electron chi connectivity index (χ1n) is 8.03. The molecule has 1 unspecified atom stereocenters. The molecule has 4 heteroatoms. The highest BCUT2D eigenvalue weighted by Crippen LogP contribution is 2.26. The molecule has 0 saturated carbocycles. The molecule has 2 N–H and O–H groups in total. The van der Waals surface area contributed by atoms with Crippen LogP contribution in [0, 0.1) is 0 Å². The van der Waals surface area contributed by atoms with Crippen LogP contribution in [0.4, 0.5) is 0 Å². The minimum Gasteiger partial charge on any atom is -0.493 e. The van der Waals surface area contributed by atoms with Gasteiger partial charge in [-0.15, -0.1) is 0 Å². The summed E-state index contributed by atoms with van der Waals surface area (Å²) in [6.45, 7) is 5.02. The summed E-state index contributed by atoms with van der Waals surface area (Å²) >= 11 is 0. The standard InChI is InChI=1S/C17H27NO3/c1-2-10-19-16-6-5-14(7-9-18)17(13-16)21-12-8-15-4-3-11-20-15/h5-6,13,15H,2-4,7-12,18H2,1H3. The topological polar surface area (TPSA) is 53.7 Å². The van der Waals surface area contributed by atoms with Gasteiger partial charge in [-0.2, -0.15) is 0 Å². The fourth-order valence-electron chi connectivity index (χ4n) is 2.51. The van der Waals surface area contributed by atoms with Crippen LogP contribution >= 0.6 is 0 Å². The van der Waals surface area contributed by atoms with Crippen molar-refractivity contribution in [1.29, 1.82) is 0 Å². The second-order valence-electron chi connectivity index (χ2n) is 5.43. The number of ether oxygens (including phenoxy) is 3. The Kier molecular flexibility index (Phi) is 6.83. The van der Waals surface area contributed by atoms with Crippen molar-refractivity contribution >= 4 is 0 Å². The van der Waals surface area contributed by atoms with Crippen LogP contribution < -0.4 is 15.2 Å². The van der Waals surface area contributed by atoms with Crippen molar-refractivity contribution < 1.29 is 14.2 Å². The second-order valence-corrected chi connectivity index (χ2v) is 5.43. The summed E-state index contributed by atoms with van der Waals surface area (Å²) < 4.78 is 17.3. The summed E-state index contributed by atoms with van der Waals surface area (Å²) in [6.07, 6.45) is 5.45. The van der Waals surface area contributed by atoms with E-state index in [1.54, 1.807) is 0 Å². The lowest BCUT2D eigenvalue weighted by atomic mass is 10.1. The van der Waals surface area contributed by atoms with Crippen LogP contribution in [0.2, 0.25) is 0 Å². The van der Waals surface area contributed by atoms with E-state index in [-0.39, 0.29) is 0 Å². The zero-order chi connectivity index (χ0) is 14.9. The van der Waals surface area contributed by atoms with Gasteiger partial charge in [-0.05, 0) is 43.9 Å². The molecule has 1 aromatic rings. The minimum atomic E-state index is 0.363. The summed E-state index contributed by atoms with van der Waals surface area (Å²) in [5.74, 6) is 1.76. The van der Waals surface area contributed by atoms with Crippen LogP contribution in [0.1, 0.15) is 38.2 Å². The van der Waals surface area contributed by atoms with Gasteiger partial charge < -0.3 is 19.9 Å². The molecule has 0 spiro atoms. The smallest absolute Gasteiger partial charge is 0.126 e. The van der Waals surface area contributed by atoms with Gasteiger partial charge in [0.15, 0.2) is 0 Å². The van der Waals surface area contributed by atoms with Crippen LogP contribution in [0.15, 0.2) is 18.2 Å². The lowest BCUT2D eigenvalue weighted by molar-refractivity contribution is 0.0902. The van der Waals surface area contributed by atoms with Gasteiger partial charge in [0.2, 0.25) is 0 Å². The fourth-order valence-corrected chi connectivity index (χ4v) is 2.51. The molecule has 1 atom stereocenters. The van der Waals surface area contributed by atoms with Gasteiger partial charge in [0.1, 0.15) is 11.5 Å². The van der Waals surface area contributed by atoms with Crippen LogP contribution in [-0.4, -0.2) is 32.5 Å². The number of hydrogen-bond acceptors (Lipinski definition) is 4. The highest BCUT2D eigenvalue weighted by Gasteiger charge is 2.15. The van der Waals surface area contributed by atoms with Gasteiger partial charge in [0.25, 0.3) is 0 Å². The van der Waals surface area contributed by atoms with Crippen molar-refractivity contribution in [2.45, 2.75) is 45.1 Å². The first-order chi connectivity index (χ1) is 10.3. The van der Waals surface area contributed by atoms with Crippen molar-refractivity contribution in [3.05, 3.63) is 23.8 Å². The van der Waals surface area contributed by atoms with Gasteiger partial charge in [-0.3, -0.25) is 0 Å². The zero-order valence-corrected chi connectivity index (χ0v) is 13.0. The molecule has 0 bridgehead atoms. The SMILES string of the molecule is CCCOc1ccc(CCN)c(OCCC2CCCO2)c1. The van der Waals surface area contributed by atoms with E-state index in [9.17, 15) is 0 Å². The first kappa shape index (κ1) is 16.1. The van der Waals surface area contributed by atoms with E-state index in [2.05, 4.69) is 13.0 Å². The molecule has 1 aliphatic rings. The number of hydrogen-bond donors (Lipinski definition) is 1. The van der Waals surface area contributed by atoms with Gasteiger partial charge in [-0.1, -0.05) is 13.0 Å². The third kappa shape index (κ3) is 5.21. The maximum atomic E-state index is 5.96. The Labute approximate surface area is 127 Å². The third-order valence-corrected chi connectivity index (χ3v) is 3.65. The average molecular weight is 293 g/mol. The molecule has 0 aliphatic carbocycles. The monoisotopic (exact) mass is 293 g/mol. The van der Waals surface area contributed by atoms with Crippen molar-refractivity contribution in [1.82, 2.24) is 0 Å². The molecule has 0 radical (unpaired) electrons. The quantitative estimate of drug-likeness (QED) is 0.760. The molecule has 1 fully saturated rings. The molecular weight excluding hydrogens is 266 g/mol. The van der Waals surface area contributed by atoms with E-state index < -0.39 is 0 Å². The van der Waals surface area contributed by atoms with Crippen molar-refractivity contribution in [3.63, 3.8) is 0 Å². The van der Waals surface area contributed by atoms with E-state index in [0.717, 1.165) is 56.0 Å². The van der Waals surface area contributed by atoms with Crippen LogP contribution in [0.25, 0.3) is 0 Å². The molecule has 1 saturated heterocycles. The van der Waals surface area contributed by atoms with E-state index >= 15 is 0 Å². The zero-order valence-electron chi connectivity index (χ0n) is 13.0. The number of benzene rings is 1. The first-order valence-corrected chi connectivity index (χ1v) is 8.03. The Morgan fingerprint density at radius 1 is 1.29 bits per heavy atom. The predicted octanol–water partition coefficient (Wildman–Crippen LogP) is 2.92. The Bertz CT molecular complexity index is 416. The summed E-state index contributed by atoms with van der Waals surface area (Å²) in [5.41, 5.74) is 6.82. The predicted molar refractivity (Wildman–Crippen MR) is 84.1 cm³/mol. The van der Waals surface area contributed by atoms with Crippen LogP contribution in [-0.2, 0) is 11.2 Å². The summed E-state index contributed by atoms with van der Waals surface area (Å²) in [4.78, 5) is 0. The molecule has 21 heavy (non-hydrogen) atoms. The normalized spacial score (nSPS) is 17.9. The molecule has 1 aliphatic heterocycles. The average Bonchev–Trinajstić information content (AvgIpc) is 3.01. The fraction of sp³-hybridized carbons (Fsp3) is 0.647. The number of rotatable bonds is 9. The largest absolute Gasteiger partial charge is 0.493 e. The maximum Gasteiger partial charge on any atom is 0.126 e. The molecule has 2 rings (SSSR count). The van der Waals surface area contributed by atoms with Gasteiger partial charge in [0.05, 0.1) is 19.3 Å². The summed E-state index contributed by atoms with van der Waals surface area (Å²) in [6, 6.07) is 6.03. The van der Waals surface area contributed by atoms with Crippen LogP contribution in [0.5, 0.6) is 11.5 Å². The lowest BCUT2D eigenvalue weighted by Gasteiger charge is -2.15. The Morgan fingerprint density at radius 3 is 2.90 bits per heavy atom.